The third kappa shape index (κ3) is 3.05. The average Bonchev–Trinajstić information content (AvgIpc) is 2.91. The van der Waals surface area contributed by atoms with Crippen LogP contribution in [0.2, 0.25) is 0 Å². The van der Waals surface area contributed by atoms with E-state index in [1.54, 1.807) is 6.21 Å². The molecule has 3 N–H and O–H groups in total. The summed E-state index contributed by atoms with van der Waals surface area (Å²) >= 11 is 0. The number of ether oxygens (including phenoxy) is 1. The quantitative estimate of drug-likeness (QED) is 0.712. The van der Waals surface area contributed by atoms with Gasteiger partial charge in [-0.25, -0.2) is 9.29 Å². The largest absolute Gasteiger partial charge is 0.356 e. The molecule has 3 aliphatic heterocycles. The maximum absolute atomic E-state index is 15.1. The molecule has 23 heavy (non-hydrogen) atoms. The Morgan fingerprint density at radius 2 is 2.26 bits per heavy atom. The number of aliphatic imine (C=N–C) groups is 1. The van der Waals surface area contributed by atoms with Crippen LogP contribution < -0.4 is 5.73 Å². The van der Waals surface area contributed by atoms with Gasteiger partial charge in [-0.1, -0.05) is 26.2 Å². The van der Waals surface area contributed by atoms with Crippen LogP contribution in [0.4, 0.5) is 4.39 Å². The van der Waals surface area contributed by atoms with Gasteiger partial charge in [-0.3, -0.25) is 9.89 Å². The van der Waals surface area contributed by atoms with Crippen molar-refractivity contribution >= 4 is 6.21 Å². The molecule has 0 amide bonds. The Morgan fingerprint density at radius 3 is 3.00 bits per heavy atom. The molecule has 0 aromatic rings. The molecule has 7 heteroatoms. The fourth-order valence-electron chi connectivity index (χ4n) is 4.29. The molecular formula is C16H29FN4O2. The van der Waals surface area contributed by atoms with Crippen LogP contribution >= 0.6 is 0 Å². The van der Waals surface area contributed by atoms with Crippen molar-refractivity contribution in [3.05, 3.63) is 0 Å². The Balaban J connectivity index is 1.79. The third-order valence-corrected chi connectivity index (χ3v) is 5.67. The number of piperazine rings is 1. The number of aliphatic hydroxyl groups excluding tert-OH is 1. The van der Waals surface area contributed by atoms with E-state index in [4.69, 9.17) is 10.5 Å². The minimum atomic E-state index is -1.04. The lowest BCUT2D eigenvalue weighted by Crippen LogP contribution is -2.72. The van der Waals surface area contributed by atoms with Crippen LogP contribution in [0, 0.1) is 0 Å². The zero-order valence-corrected chi connectivity index (χ0v) is 13.9. The number of alkyl halides is 1. The first-order valence-corrected chi connectivity index (χ1v) is 8.79. The van der Waals surface area contributed by atoms with E-state index in [1.165, 1.54) is 0 Å². The fraction of sp³-hybridized carbons (Fsp3) is 0.938. The van der Waals surface area contributed by atoms with Gasteiger partial charge in [-0.15, -0.1) is 0 Å². The number of aliphatic hydroxyl groups is 1. The summed E-state index contributed by atoms with van der Waals surface area (Å²) in [5.74, 6) is 0. The number of rotatable bonds is 5. The molecule has 5 atom stereocenters. The van der Waals surface area contributed by atoms with Crippen LogP contribution in [-0.4, -0.2) is 84.1 Å². The highest BCUT2D eigenvalue weighted by molar-refractivity contribution is 5.68. The van der Waals surface area contributed by atoms with Gasteiger partial charge in [0.1, 0.15) is 6.17 Å². The van der Waals surface area contributed by atoms with E-state index in [-0.39, 0.29) is 18.6 Å². The maximum atomic E-state index is 15.1. The second-order valence-electron chi connectivity index (χ2n) is 6.95. The number of nitrogens with zero attached hydrogens (tertiary/aromatic N) is 3. The van der Waals surface area contributed by atoms with Gasteiger partial charge in [-0.2, -0.15) is 0 Å². The molecule has 3 aliphatic rings. The summed E-state index contributed by atoms with van der Waals surface area (Å²) in [7, 11) is 0. The minimum absolute atomic E-state index is 0.111. The molecule has 3 rings (SSSR count). The number of hydrogen-bond acceptors (Lipinski definition) is 6. The molecule has 0 saturated carbocycles. The van der Waals surface area contributed by atoms with Crippen molar-refractivity contribution in [2.24, 2.45) is 10.7 Å². The van der Waals surface area contributed by atoms with E-state index in [9.17, 15) is 5.11 Å². The van der Waals surface area contributed by atoms with Crippen molar-refractivity contribution in [3.8, 4) is 0 Å². The Morgan fingerprint density at radius 1 is 1.43 bits per heavy atom. The van der Waals surface area contributed by atoms with E-state index in [1.807, 2.05) is 4.90 Å². The molecule has 0 aliphatic carbocycles. The first-order valence-electron chi connectivity index (χ1n) is 8.79. The van der Waals surface area contributed by atoms with Crippen molar-refractivity contribution in [2.45, 2.75) is 62.8 Å². The van der Waals surface area contributed by atoms with Gasteiger partial charge in [0.05, 0.1) is 30.8 Å². The highest BCUT2D eigenvalue weighted by Gasteiger charge is 2.52. The first kappa shape index (κ1) is 17.2. The van der Waals surface area contributed by atoms with Gasteiger partial charge in [0.15, 0.2) is 0 Å². The van der Waals surface area contributed by atoms with Gasteiger partial charge in [0.25, 0.3) is 0 Å². The lowest BCUT2D eigenvalue weighted by molar-refractivity contribution is -0.148. The normalized spacial score (nSPS) is 42.1. The van der Waals surface area contributed by atoms with Crippen LogP contribution in [0.3, 0.4) is 0 Å². The smallest absolute Gasteiger partial charge is 0.216 e. The molecule has 0 aromatic heterocycles. The number of halogens is 1. The van der Waals surface area contributed by atoms with Gasteiger partial charge in [0, 0.05) is 25.8 Å². The molecule has 132 valence electrons. The summed E-state index contributed by atoms with van der Waals surface area (Å²) in [6.45, 7) is 4.90. The molecule has 0 radical (unpaired) electrons. The Labute approximate surface area is 137 Å². The van der Waals surface area contributed by atoms with Crippen LogP contribution in [0.15, 0.2) is 4.99 Å². The van der Waals surface area contributed by atoms with Crippen LogP contribution in [0.25, 0.3) is 0 Å². The predicted octanol–water partition coefficient (Wildman–Crippen LogP) is 0.348. The van der Waals surface area contributed by atoms with Crippen molar-refractivity contribution in [1.29, 1.82) is 0 Å². The molecule has 3 heterocycles. The monoisotopic (exact) mass is 328 g/mol. The molecule has 2 fully saturated rings. The summed E-state index contributed by atoms with van der Waals surface area (Å²) in [6.07, 6.45) is 3.79. The number of hydrogen-bond donors (Lipinski definition) is 2. The lowest BCUT2D eigenvalue weighted by atomic mass is 9.77. The zero-order valence-electron chi connectivity index (χ0n) is 13.9. The maximum Gasteiger partial charge on any atom is 0.216 e. The predicted molar refractivity (Wildman–Crippen MR) is 87.1 cm³/mol. The SMILES string of the molecule is CCCCCC1(N2CCN3C(O)OC[C@H]3C2)C(N)C=NCC1F. The van der Waals surface area contributed by atoms with E-state index in [0.29, 0.717) is 26.2 Å². The van der Waals surface area contributed by atoms with Crippen LogP contribution in [0.1, 0.15) is 32.6 Å². The van der Waals surface area contributed by atoms with Gasteiger partial charge in [0.2, 0.25) is 6.41 Å². The summed E-state index contributed by atoms with van der Waals surface area (Å²) < 4.78 is 20.4. The Bertz CT molecular complexity index is 438. The number of unbranched alkanes of at least 4 members (excludes halogenated alkanes) is 2. The summed E-state index contributed by atoms with van der Waals surface area (Å²) in [6, 6.07) is -0.276. The van der Waals surface area contributed by atoms with Crippen LogP contribution in [0.5, 0.6) is 0 Å². The first-order chi connectivity index (χ1) is 11.1. The van der Waals surface area contributed by atoms with E-state index in [0.717, 1.165) is 25.7 Å². The van der Waals surface area contributed by atoms with Crippen molar-refractivity contribution in [3.63, 3.8) is 0 Å². The average molecular weight is 328 g/mol. The van der Waals surface area contributed by atoms with Crippen LogP contribution in [-0.2, 0) is 4.74 Å². The Kier molecular flexibility index (Phi) is 5.32. The number of nitrogens with two attached hydrogens (primary N) is 1. The summed E-state index contributed by atoms with van der Waals surface area (Å²) in [5, 5.41) is 9.83. The highest BCUT2D eigenvalue weighted by atomic mass is 19.1. The minimum Gasteiger partial charge on any atom is -0.356 e. The van der Waals surface area contributed by atoms with E-state index in [2.05, 4.69) is 16.8 Å². The molecule has 0 spiro atoms. The van der Waals surface area contributed by atoms with Crippen molar-refractivity contribution < 1.29 is 14.2 Å². The molecule has 4 unspecified atom stereocenters. The molecular weight excluding hydrogens is 299 g/mol. The summed E-state index contributed by atoms with van der Waals surface area (Å²) in [4.78, 5) is 8.27. The summed E-state index contributed by atoms with van der Waals surface area (Å²) in [5.41, 5.74) is 5.69. The highest BCUT2D eigenvalue weighted by Crippen LogP contribution is 2.36. The standard InChI is InChI=1S/C16H29FN4O2/c1-2-3-4-5-16(13(17)8-19-9-14(16)18)20-6-7-21-12(10-20)11-23-15(21)22/h9,12-15,22H,2-8,10-11,18H2,1H3/t12-,13?,14?,15?,16?/m1/s1. The lowest BCUT2D eigenvalue weighted by Gasteiger charge is -2.53. The van der Waals surface area contributed by atoms with Gasteiger partial charge < -0.3 is 15.6 Å². The molecule has 0 bridgehead atoms. The number of fused-ring (bicyclic) bond motifs is 1. The fourth-order valence-corrected chi connectivity index (χ4v) is 4.29. The molecule has 2 saturated heterocycles. The van der Waals surface area contributed by atoms with Gasteiger partial charge in [-0.05, 0) is 6.42 Å². The second kappa shape index (κ2) is 7.11. The van der Waals surface area contributed by atoms with Crippen molar-refractivity contribution in [1.82, 2.24) is 9.80 Å². The third-order valence-electron chi connectivity index (χ3n) is 5.67. The zero-order chi connectivity index (χ0) is 16.4. The van der Waals surface area contributed by atoms with E-state index < -0.39 is 18.1 Å². The second-order valence-corrected chi connectivity index (χ2v) is 6.95. The molecule has 6 nitrogen and oxygen atoms in total. The molecule has 0 aromatic carbocycles. The Hall–Kier alpha value is -0.600. The topological polar surface area (TPSA) is 74.3 Å². The van der Waals surface area contributed by atoms with Crippen molar-refractivity contribution in [2.75, 3.05) is 32.8 Å². The van der Waals surface area contributed by atoms with Gasteiger partial charge >= 0.3 is 0 Å². The van der Waals surface area contributed by atoms with E-state index >= 15 is 4.39 Å².